The number of ether oxygens (including phenoxy) is 2. The number of rotatable bonds is 9. The van der Waals surface area contributed by atoms with Gasteiger partial charge in [-0.25, -0.2) is 15.0 Å². The number of esters is 2. The minimum atomic E-state index is -4.91. The number of likely N-dealkylation sites (N-methyl/N-ethyl adjacent to an activating group) is 2. The van der Waals surface area contributed by atoms with Crippen LogP contribution in [0.5, 0.6) is 0 Å². The lowest BCUT2D eigenvalue weighted by atomic mass is 10.2. The number of carbonyl (C=O) groups excluding carboxylic acids is 3. The molecule has 1 amide bonds. The second-order valence-electron chi connectivity index (χ2n) is 9.23. The van der Waals surface area contributed by atoms with Crippen LogP contribution in [0.1, 0.15) is 16.2 Å². The van der Waals surface area contributed by atoms with Gasteiger partial charge in [0, 0.05) is 19.7 Å². The Labute approximate surface area is 255 Å². The molecule has 3 aromatic heterocycles. The molecule has 0 saturated carbocycles. The highest BCUT2D eigenvalue weighted by Crippen LogP contribution is 2.35. The van der Waals surface area contributed by atoms with E-state index < -0.39 is 29.5 Å². The number of nitrogen functional groups attached to an aromatic ring is 1. The van der Waals surface area contributed by atoms with Crippen molar-refractivity contribution in [2.24, 2.45) is 0 Å². The average Bonchev–Trinajstić information content (AvgIpc) is 3.49. The Hall–Kier alpha value is -5.67. The van der Waals surface area contributed by atoms with Gasteiger partial charge in [0.05, 0.1) is 38.0 Å². The van der Waals surface area contributed by atoms with Crippen LogP contribution in [0.4, 0.5) is 36.2 Å². The van der Waals surface area contributed by atoms with Gasteiger partial charge in [0.1, 0.15) is 24.7 Å². The molecule has 4 rings (SSSR count). The predicted molar refractivity (Wildman–Crippen MR) is 158 cm³/mol. The highest BCUT2D eigenvalue weighted by atomic mass is 19.4. The summed E-state index contributed by atoms with van der Waals surface area (Å²) in [5.74, 6) is -2.61. The number of pyridine rings is 2. The highest BCUT2D eigenvalue weighted by Gasteiger charge is 2.42. The first kappa shape index (κ1) is 33.8. The predicted octanol–water partition coefficient (Wildman–Crippen LogP) is 3.89. The number of carbonyl (C=O) groups is 3. The van der Waals surface area contributed by atoms with Gasteiger partial charge in [-0.05, 0) is 36.4 Å². The first-order valence-electron chi connectivity index (χ1n) is 13.0. The molecule has 0 saturated heterocycles. The van der Waals surface area contributed by atoms with Gasteiger partial charge in [0.15, 0.2) is 5.69 Å². The fraction of sp³-hybridized carbons (Fsp3) is 0.241. The zero-order valence-electron chi connectivity index (χ0n) is 24.7. The van der Waals surface area contributed by atoms with E-state index in [-0.39, 0.29) is 30.6 Å². The topological polar surface area (TPSA) is 166 Å². The van der Waals surface area contributed by atoms with Crippen LogP contribution >= 0.6 is 0 Å². The Kier molecular flexibility index (Phi) is 11.4. The molecular weight excluding hydrogens is 599 g/mol. The summed E-state index contributed by atoms with van der Waals surface area (Å²) in [4.78, 5) is 49.8. The summed E-state index contributed by atoms with van der Waals surface area (Å²) in [5.41, 5.74) is 5.62. The van der Waals surface area contributed by atoms with Gasteiger partial charge < -0.3 is 34.7 Å². The first-order valence-corrected chi connectivity index (χ1v) is 13.0. The number of nitrogens with one attached hydrogen (secondary N) is 1. The molecule has 0 aliphatic carbocycles. The number of amides is 1. The van der Waals surface area contributed by atoms with Crippen molar-refractivity contribution in [3.63, 3.8) is 0 Å². The number of hydrogen-bond donors (Lipinski definition) is 2. The van der Waals surface area contributed by atoms with Crippen LogP contribution in [0.15, 0.2) is 71.4 Å². The maximum atomic E-state index is 13.4. The van der Waals surface area contributed by atoms with Gasteiger partial charge >= 0.3 is 18.1 Å². The van der Waals surface area contributed by atoms with Crippen molar-refractivity contribution in [3.05, 3.63) is 78.4 Å². The zero-order chi connectivity index (χ0) is 33.1. The summed E-state index contributed by atoms with van der Waals surface area (Å²) in [6.45, 7) is 0.124. The second kappa shape index (κ2) is 15.2. The molecule has 0 unspecified atom stereocenters. The monoisotopic (exact) mass is 629 g/mol. The molecule has 13 nitrogen and oxygen atoms in total. The number of nitrogens with two attached hydrogens (primary N) is 1. The molecule has 0 aliphatic rings. The number of anilines is 4. The minimum Gasteiger partial charge on any atom is -0.468 e. The van der Waals surface area contributed by atoms with Gasteiger partial charge in [-0.15, -0.1) is 0 Å². The molecule has 0 atom stereocenters. The van der Waals surface area contributed by atoms with Crippen molar-refractivity contribution >= 4 is 40.9 Å². The third kappa shape index (κ3) is 9.67. The molecule has 1 aromatic carbocycles. The Morgan fingerprint density at radius 2 is 1.42 bits per heavy atom. The van der Waals surface area contributed by atoms with E-state index in [4.69, 9.17) is 10.2 Å². The van der Waals surface area contributed by atoms with Crippen molar-refractivity contribution in [2.45, 2.75) is 6.18 Å². The van der Waals surface area contributed by atoms with Gasteiger partial charge in [-0.1, -0.05) is 18.2 Å². The Bertz CT molecular complexity index is 1580. The molecule has 4 aromatic rings. The lowest BCUT2D eigenvalue weighted by Crippen LogP contribution is -2.27. The molecule has 16 heteroatoms. The molecule has 45 heavy (non-hydrogen) atoms. The van der Waals surface area contributed by atoms with E-state index >= 15 is 0 Å². The fourth-order valence-corrected chi connectivity index (χ4v) is 3.55. The molecule has 0 fully saturated rings. The van der Waals surface area contributed by atoms with Gasteiger partial charge in [-0.3, -0.25) is 14.4 Å². The number of hydrogen-bond acceptors (Lipinski definition) is 12. The summed E-state index contributed by atoms with van der Waals surface area (Å²) in [6.07, 6.45) is -2.12. The summed E-state index contributed by atoms with van der Waals surface area (Å²) < 4.78 is 54.1. The minimum absolute atomic E-state index is 0.0502. The number of nitrogens with zero attached hydrogens (tertiary/aromatic N) is 5. The van der Waals surface area contributed by atoms with E-state index in [9.17, 15) is 27.6 Å². The largest absolute Gasteiger partial charge is 0.468 e. The molecule has 238 valence electrons. The molecule has 0 aliphatic heterocycles. The molecular formula is C29H30F3N7O6. The molecule has 0 radical (unpaired) electrons. The van der Waals surface area contributed by atoms with Crippen molar-refractivity contribution in [2.75, 3.05) is 62.3 Å². The van der Waals surface area contributed by atoms with Crippen LogP contribution < -0.4 is 20.9 Å². The van der Waals surface area contributed by atoms with E-state index in [1.54, 1.807) is 55.5 Å². The third-order valence-electron chi connectivity index (χ3n) is 5.87. The Morgan fingerprint density at radius 3 is 1.89 bits per heavy atom. The van der Waals surface area contributed by atoms with E-state index in [0.717, 1.165) is 0 Å². The van der Waals surface area contributed by atoms with Gasteiger partial charge in [-0.2, -0.15) is 13.2 Å². The zero-order valence-corrected chi connectivity index (χ0v) is 24.7. The number of halogens is 3. The molecule has 0 spiro atoms. The van der Waals surface area contributed by atoms with Crippen molar-refractivity contribution < 1.29 is 41.4 Å². The van der Waals surface area contributed by atoms with Crippen molar-refractivity contribution in [1.29, 1.82) is 0 Å². The van der Waals surface area contributed by atoms with Crippen LogP contribution in [-0.2, 0) is 25.2 Å². The highest BCUT2D eigenvalue weighted by molar-refractivity contribution is 6.04. The second-order valence-corrected chi connectivity index (χ2v) is 9.23. The lowest BCUT2D eigenvalue weighted by molar-refractivity contribution is -0.153. The maximum Gasteiger partial charge on any atom is 0.452 e. The lowest BCUT2D eigenvalue weighted by Gasteiger charge is -2.16. The number of aromatic nitrogens is 3. The van der Waals surface area contributed by atoms with Gasteiger partial charge in [0.25, 0.3) is 5.91 Å². The summed E-state index contributed by atoms with van der Waals surface area (Å²) in [5, 5.41) is 2.32. The standard InChI is InChI=1S/C20H17F3N4O4.C9H13N3O2/c1-27(11-15(28)30-2)14-9-8-13(10-24-14)25-18(29)16-17(20(21,22)23)31-19(26-16)12-6-4-3-5-7-12;1-12(6-9(13)14-2)8-4-3-7(10)5-11-8/h3-10H,11H2,1-2H3,(H,25,29);3-5H,6,10H2,1-2H3. The first-order chi connectivity index (χ1) is 21.3. The van der Waals surface area contributed by atoms with E-state index in [1.807, 2.05) is 0 Å². The SMILES string of the molecule is COC(=O)CN(C)c1ccc(N)cn1.COC(=O)CN(C)c1ccc(NC(=O)c2nc(-c3ccccc3)oc2C(F)(F)F)cn1. The van der Waals surface area contributed by atoms with Crippen LogP contribution in [0.2, 0.25) is 0 Å². The average molecular weight is 630 g/mol. The smallest absolute Gasteiger partial charge is 0.452 e. The Balaban J connectivity index is 0.000000330. The summed E-state index contributed by atoms with van der Waals surface area (Å²) in [7, 11) is 5.97. The van der Waals surface area contributed by atoms with E-state index in [1.165, 1.54) is 49.6 Å². The number of oxazole rings is 1. The summed E-state index contributed by atoms with van der Waals surface area (Å²) >= 11 is 0. The maximum absolute atomic E-state index is 13.4. The van der Waals surface area contributed by atoms with Crippen LogP contribution in [0.3, 0.4) is 0 Å². The fourth-order valence-electron chi connectivity index (χ4n) is 3.55. The quantitative estimate of drug-likeness (QED) is 0.257. The Morgan fingerprint density at radius 1 is 0.867 bits per heavy atom. The number of alkyl halides is 3. The normalized spacial score (nSPS) is 10.6. The van der Waals surface area contributed by atoms with Crippen LogP contribution in [0.25, 0.3) is 11.5 Å². The number of benzene rings is 1. The van der Waals surface area contributed by atoms with Crippen LogP contribution in [-0.4, -0.2) is 74.2 Å². The van der Waals surface area contributed by atoms with Crippen LogP contribution in [0, 0.1) is 0 Å². The molecule has 3 heterocycles. The van der Waals surface area contributed by atoms with E-state index in [2.05, 4.69) is 29.7 Å². The molecule has 3 N–H and O–H groups in total. The third-order valence-corrected chi connectivity index (χ3v) is 5.87. The number of methoxy groups -OCH3 is 2. The summed E-state index contributed by atoms with van der Waals surface area (Å²) in [6, 6.07) is 14.3. The van der Waals surface area contributed by atoms with E-state index in [0.29, 0.717) is 22.9 Å². The van der Waals surface area contributed by atoms with Gasteiger partial charge in [0.2, 0.25) is 11.7 Å². The van der Waals surface area contributed by atoms with Crippen molar-refractivity contribution in [1.82, 2.24) is 15.0 Å². The van der Waals surface area contributed by atoms with Crippen molar-refractivity contribution in [3.8, 4) is 11.5 Å². The molecule has 0 bridgehead atoms.